The molecule has 0 aliphatic rings. The van der Waals surface area contributed by atoms with Crippen LogP contribution in [0.1, 0.15) is 174 Å². The Hall–Kier alpha value is -3.33. The minimum absolute atomic E-state index is 0.0438. The lowest BCUT2D eigenvalue weighted by molar-refractivity contribution is -0.161. The number of esters is 2. The molecule has 0 aromatic heterocycles. The van der Waals surface area contributed by atoms with Gasteiger partial charge in [-0.25, -0.2) is 4.57 Å². The number of phosphoric ester groups is 1. The standard InChI is InChI=1S/C52H86NO8P/c1-3-5-7-9-11-13-15-16-17-18-19-20-21-22-23-24-25-26-27-28-29-30-31-32-33-34-35-37-39-41-43-45-52(55)61-50(49-60-62(56,57)59-47-46-53)48-58-51(54)44-42-40-38-36-14-12-10-8-6-4-2/h5,7-8,10-11,13,16-17,19-20,22-23,25-26,28-29,31-32,50H,3-4,6,9,12,14-15,18,21,24,27,30,33-49,53H2,1-2H3,(H,56,57)/b7-5-,10-8-,13-11-,17-16-,20-19-,23-22-,26-25-,29-28-,32-31-. The van der Waals surface area contributed by atoms with E-state index in [0.717, 1.165) is 128 Å². The van der Waals surface area contributed by atoms with Crippen LogP contribution in [-0.4, -0.2) is 49.3 Å². The summed E-state index contributed by atoms with van der Waals surface area (Å²) in [5.41, 5.74) is 5.35. The molecule has 0 fully saturated rings. The van der Waals surface area contributed by atoms with E-state index in [0.29, 0.717) is 12.8 Å². The van der Waals surface area contributed by atoms with Crippen molar-refractivity contribution in [2.24, 2.45) is 5.73 Å². The van der Waals surface area contributed by atoms with Crippen molar-refractivity contribution < 1.29 is 37.6 Å². The molecule has 2 unspecified atom stereocenters. The molecule has 0 saturated carbocycles. The maximum atomic E-state index is 12.6. The molecule has 0 amide bonds. The zero-order chi connectivity index (χ0) is 45.3. The van der Waals surface area contributed by atoms with Crippen molar-refractivity contribution in [1.29, 1.82) is 0 Å². The second-order valence-electron chi connectivity index (χ2n) is 15.2. The van der Waals surface area contributed by atoms with Crippen LogP contribution in [0.15, 0.2) is 109 Å². The first-order valence-electron chi connectivity index (χ1n) is 23.9. The molecule has 9 nitrogen and oxygen atoms in total. The van der Waals surface area contributed by atoms with Gasteiger partial charge in [-0.1, -0.05) is 175 Å². The molecule has 0 spiro atoms. The Bertz CT molecular complexity index is 1380. The maximum absolute atomic E-state index is 12.6. The number of hydrogen-bond acceptors (Lipinski definition) is 8. The van der Waals surface area contributed by atoms with Crippen LogP contribution in [-0.2, 0) is 32.7 Å². The van der Waals surface area contributed by atoms with E-state index in [1.807, 2.05) is 0 Å². The fourth-order valence-corrected chi connectivity index (χ4v) is 6.65. The van der Waals surface area contributed by atoms with E-state index >= 15 is 0 Å². The first kappa shape index (κ1) is 58.7. The van der Waals surface area contributed by atoms with E-state index in [-0.39, 0.29) is 32.6 Å². The molecule has 0 aromatic carbocycles. The van der Waals surface area contributed by atoms with Crippen molar-refractivity contribution in [1.82, 2.24) is 0 Å². The van der Waals surface area contributed by atoms with Crippen molar-refractivity contribution in [2.45, 2.75) is 180 Å². The fraction of sp³-hybridized carbons (Fsp3) is 0.615. The topological polar surface area (TPSA) is 134 Å². The summed E-state index contributed by atoms with van der Waals surface area (Å²) >= 11 is 0. The molecule has 0 aliphatic heterocycles. The fourth-order valence-electron chi connectivity index (χ4n) is 5.89. The highest BCUT2D eigenvalue weighted by atomic mass is 31.2. The summed E-state index contributed by atoms with van der Waals surface area (Å²) in [6.45, 7) is 3.50. The Morgan fingerprint density at radius 3 is 1.34 bits per heavy atom. The molecule has 0 heterocycles. The predicted molar refractivity (Wildman–Crippen MR) is 261 cm³/mol. The number of nitrogens with two attached hydrogens (primary N) is 1. The summed E-state index contributed by atoms with van der Waals surface area (Å²) in [5, 5.41) is 0. The lowest BCUT2D eigenvalue weighted by Crippen LogP contribution is -2.29. The number of hydrogen-bond donors (Lipinski definition) is 2. The molecular weight excluding hydrogens is 798 g/mol. The van der Waals surface area contributed by atoms with Crippen LogP contribution in [0.2, 0.25) is 0 Å². The quantitative estimate of drug-likeness (QED) is 0.0266. The first-order valence-corrected chi connectivity index (χ1v) is 25.4. The third kappa shape index (κ3) is 46.2. The molecule has 0 aromatic rings. The molecule has 2 atom stereocenters. The lowest BCUT2D eigenvalue weighted by Gasteiger charge is -2.19. The van der Waals surface area contributed by atoms with Crippen LogP contribution in [0.3, 0.4) is 0 Å². The van der Waals surface area contributed by atoms with Gasteiger partial charge in [0.15, 0.2) is 6.10 Å². The minimum atomic E-state index is -4.39. The lowest BCUT2D eigenvalue weighted by atomic mass is 10.1. The number of carbonyl (C=O) groups excluding carboxylic acids is 2. The number of carbonyl (C=O) groups is 2. The molecule has 3 N–H and O–H groups in total. The van der Waals surface area contributed by atoms with E-state index in [9.17, 15) is 19.0 Å². The van der Waals surface area contributed by atoms with E-state index < -0.39 is 32.5 Å². The number of allylic oxidation sites excluding steroid dienone is 18. The van der Waals surface area contributed by atoms with Crippen LogP contribution in [0.25, 0.3) is 0 Å². The largest absolute Gasteiger partial charge is 0.472 e. The monoisotopic (exact) mass is 884 g/mol. The van der Waals surface area contributed by atoms with Crippen molar-refractivity contribution in [2.75, 3.05) is 26.4 Å². The third-order valence-electron chi connectivity index (χ3n) is 9.37. The van der Waals surface area contributed by atoms with Crippen molar-refractivity contribution >= 4 is 19.8 Å². The van der Waals surface area contributed by atoms with Crippen LogP contribution < -0.4 is 5.73 Å². The maximum Gasteiger partial charge on any atom is 0.472 e. The van der Waals surface area contributed by atoms with Gasteiger partial charge >= 0.3 is 19.8 Å². The highest BCUT2D eigenvalue weighted by molar-refractivity contribution is 7.47. The predicted octanol–water partition coefficient (Wildman–Crippen LogP) is 14.3. The van der Waals surface area contributed by atoms with Gasteiger partial charge in [0.05, 0.1) is 13.2 Å². The van der Waals surface area contributed by atoms with Gasteiger partial charge in [0, 0.05) is 19.4 Å². The van der Waals surface area contributed by atoms with Crippen LogP contribution in [0.4, 0.5) is 0 Å². The van der Waals surface area contributed by atoms with Gasteiger partial charge in [-0.2, -0.15) is 0 Å². The highest BCUT2D eigenvalue weighted by Gasteiger charge is 2.26. The average Bonchev–Trinajstić information content (AvgIpc) is 3.26. The number of ether oxygens (including phenoxy) is 2. The summed E-state index contributed by atoms with van der Waals surface area (Å²) in [6, 6.07) is 0. The van der Waals surface area contributed by atoms with Crippen LogP contribution in [0.5, 0.6) is 0 Å². The second-order valence-corrected chi connectivity index (χ2v) is 16.7. The van der Waals surface area contributed by atoms with E-state index in [2.05, 4.69) is 123 Å². The van der Waals surface area contributed by atoms with Crippen LogP contribution in [0, 0.1) is 0 Å². The summed E-state index contributed by atoms with van der Waals surface area (Å²) in [7, 11) is -4.39. The molecular formula is C52H86NO8P. The molecule has 10 heteroatoms. The molecule has 0 aliphatic carbocycles. The summed E-state index contributed by atoms with van der Waals surface area (Å²) in [6.07, 6.45) is 62.8. The summed E-state index contributed by atoms with van der Waals surface area (Å²) in [5.74, 6) is -0.869. The van der Waals surface area contributed by atoms with E-state index in [4.69, 9.17) is 24.3 Å². The zero-order valence-corrected chi connectivity index (χ0v) is 39.7. The molecule has 0 saturated heterocycles. The second kappa shape index (κ2) is 47.2. The third-order valence-corrected chi connectivity index (χ3v) is 10.4. The Labute approximate surface area is 378 Å². The normalized spacial score (nSPS) is 14.2. The Morgan fingerprint density at radius 1 is 0.500 bits per heavy atom. The van der Waals surface area contributed by atoms with Gasteiger partial charge in [0.2, 0.25) is 0 Å². The van der Waals surface area contributed by atoms with Gasteiger partial charge in [-0.15, -0.1) is 0 Å². The molecule has 62 heavy (non-hydrogen) atoms. The Balaban J connectivity index is 4.08. The van der Waals surface area contributed by atoms with E-state index in [1.54, 1.807) is 0 Å². The smallest absolute Gasteiger partial charge is 0.462 e. The van der Waals surface area contributed by atoms with Crippen LogP contribution >= 0.6 is 7.82 Å². The molecule has 0 radical (unpaired) electrons. The van der Waals surface area contributed by atoms with Crippen molar-refractivity contribution in [3.05, 3.63) is 109 Å². The average molecular weight is 884 g/mol. The first-order chi connectivity index (χ1) is 30.3. The van der Waals surface area contributed by atoms with Crippen molar-refractivity contribution in [3.8, 4) is 0 Å². The van der Waals surface area contributed by atoms with Gasteiger partial charge in [-0.05, 0) is 96.3 Å². The van der Waals surface area contributed by atoms with E-state index in [1.165, 1.54) is 6.42 Å². The van der Waals surface area contributed by atoms with Gasteiger partial charge < -0.3 is 20.1 Å². The number of unbranched alkanes of at least 4 members (excludes halogenated alkanes) is 12. The van der Waals surface area contributed by atoms with Crippen molar-refractivity contribution in [3.63, 3.8) is 0 Å². The number of rotatable bonds is 43. The summed E-state index contributed by atoms with van der Waals surface area (Å²) in [4.78, 5) is 34.8. The molecule has 0 rings (SSSR count). The van der Waals surface area contributed by atoms with Gasteiger partial charge in [0.25, 0.3) is 0 Å². The number of phosphoric acid groups is 1. The minimum Gasteiger partial charge on any atom is -0.462 e. The van der Waals surface area contributed by atoms with Gasteiger partial charge in [0.1, 0.15) is 6.61 Å². The SMILES string of the molecule is CC/C=C\C/C=C\C/C=C\C/C=C\C/C=C\C/C=C\C/C=C\C/C=C\CCCCCCCCC(=O)OC(COC(=O)CCCCCCC/C=C\CCC)COP(=O)(O)OCCN. The van der Waals surface area contributed by atoms with Gasteiger partial charge in [-0.3, -0.25) is 18.6 Å². The Morgan fingerprint density at radius 2 is 0.887 bits per heavy atom. The highest BCUT2D eigenvalue weighted by Crippen LogP contribution is 2.43. The zero-order valence-electron chi connectivity index (χ0n) is 38.8. The Kier molecular flexibility index (Phi) is 44.6. The molecule has 352 valence electrons. The molecule has 0 bridgehead atoms. The summed E-state index contributed by atoms with van der Waals surface area (Å²) < 4.78 is 32.7.